The lowest BCUT2D eigenvalue weighted by Gasteiger charge is -1.99. The van der Waals surface area contributed by atoms with Gasteiger partial charge in [0.15, 0.2) is 5.11 Å². The third-order valence-corrected chi connectivity index (χ3v) is 2.57. The number of nitrogens with two attached hydrogens (primary N) is 1. The molecule has 0 saturated heterocycles. The fraction of sp³-hybridized carbons (Fsp3) is 0.200. The SMILES string of the molecule is Cc1cccc(SC/C=N/NC(N)=S)c1. The average molecular weight is 239 g/mol. The third kappa shape index (κ3) is 5.39. The highest BCUT2D eigenvalue weighted by Crippen LogP contribution is 2.17. The first-order chi connectivity index (χ1) is 7.18. The van der Waals surface area contributed by atoms with Crippen molar-refractivity contribution in [3.63, 3.8) is 0 Å². The Bertz CT molecular complexity index is 363. The lowest BCUT2D eigenvalue weighted by molar-refractivity contribution is 1.04. The molecule has 0 amide bonds. The van der Waals surface area contributed by atoms with Crippen LogP contribution >= 0.6 is 24.0 Å². The molecule has 5 heteroatoms. The first-order valence-corrected chi connectivity index (χ1v) is 5.84. The van der Waals surface area contributed by atoms with E-state index >= 15 is 0 Å². The van der Waals surface area contributed by atoms with Crippen LogP contribution in [0.2, 0.25) is 0 Å². The predicted octanol–water partition coefficient (Wildman–Crippen LogP) is 1.91. The molecule has 0 saturated carbocycles. The molecule has 1 aromatic carbocycles. The second kappa shape index (κ2) is 6.42. The van der Waals surface area contributed by atoms with Gasteiger partial charge in [-0.15, -0.1) is 11.8 Å². The minimum Gasteiger partial charge on any atom is -0.375 e. The highest BCUT2D eigenvalue weighted by molar-refractivity contribution is 7.99. The van der Waals surface area contributed by atoms with Gasteiger partial charge in [0.2, 0.25) is 0 Å². The summed E-state index contributed by atoms with van der Waals surface area (Å²) in [6.45, 7) is 2.08. The summed E-state index contributed by atoms with van der Waals surface area (Å²) in [5.74, 6) is 0.791. The van der Waals surface area contributed by atoms with Gasteiger partial charge in [0.05, 0.1) is 0 Å². The minimum atomic E-state index is 0.187. The van der Waals surface area contributed by atoms with E-state index in [9.17, 15) is 0 Å². The number of rotatable bonds is 4. The number of hydrogen-bond donors (Lipinski definition) is 2. The summed E-state index contributed by atoms with van der Waals surface area (Å²) in [6, 6.07) is 8.33. The molecule has 0 atom stereocenters. The molecule has 0 aromatic heterocycles. The van der Waals surface area contributed by atoms with Crippen molar-refractivity contribution in [2.24, 2.45) is 10.8 Å². The van der Waals surface area contributed by atoms with Crippen molar-refractivity contribution in [1.82, 2.24) is 5.43 Å². The zero-order valence-corrected chi connectivity index (χ0v) is 10.1. The van der Waals surface area contributed by atoms with Crippen molar-refractivity contribution in [2.45, 2.75) is 11.8 Å². The fourth-order valence-electron chi connectivity index (χ4n) is 0.985. The van der Waals surface area contributed by atoms with Gasteiger partial charge in [-0.25, -0.2) is 0 Å². The summed E-state index contributed by atoms with van der Waals surface area (Å²) in [6.07, 6.45) is 1.74. The fourth-order valence-corrected chi connectivity index (χ4v) is 1.82. The summed E-state index contributed by atoms with van der Waals surface area (Å²) in [5.41, 5.74) is 8.98. The van der Waals surface area contributed by atoms with E-state index in [-0.39, 0.29) is 5.11 Å². The predicted molar refractivity (Wildman–Crippen MR) is 70.3 cm³/mol. The van der Waals surface area contributed by atoms with Crippen LogP contribution < -0.4 is 11.2 Å². The van der Waals surface area contributed by atoms with Gasteiger partial charge in [-0.1, -0.05) is 17.7 Å². The zero-order valence-electron chi connectivity index (χ0n) is 8.43. The van der Waals surface area contributed by atoms with Crippen molar-refractivity contribution in [3.05, 3.63) is 29.8 Å². The molecule has 0 fully saturated rings. The van der Waals surface area contributed by atoms with E-state index in [4.69, 9.17) is 5.73 Å². The Labute approximate surface area is 99.1 Å². The molecule has 1 aromatic rings. The van der Waals surface area contributed by atoms with Crippen molar-refractivity contribution < 1.29 is 0 Å². The lowest BCUT2D eigenvalue weighted by atomic mass is 10.2. The maximum atomic E-state index is 5.21. The van der Waals surface area contributed by atoms with Crippen molar-refractivity contribution in [3.8, 4) is 0 Å². The monoisotopic (exact) mass is 239 g/mol. The molecule has 80 valence electrons. The van der Waals surface area contributed by atoms with Crippen molar-refractivity contribution >= 4 is 35.3 Å². The topological polar surface area (TPSA) is 50.4 Å². The smallest absolute Gasteiger partial charge is 0.184 e. The van der Waals surface area contributed by atoms with Crippen LogP contribution in [0, 0.1) is 6.92 Å². The molecule has 0 bridgehead atoms. The van der Waals surface area contributed by atoms with Gasteiger partial charge < -0.3 is 5.73 Å². The summed E-state index contributed by atoms with van der Waals surface area (Å²) in [5, 5.41) is 4.03. The first kappa shape index (κ1) is 12.0. The number of aryl methyl sites for hydroxylation is 1. The van der Waals surface area contributed by atoms with Crippen LogP contribution in [-0.4, -0.2) is 17.1 Å². The molecule has 0 spiro atoms. The van der Waals surface area contributed by atoms with E-state index in [1.165, 1.54) is 10.5 Å². The third-order valence-electron chi connectivity index (χ3n) is 1.58. The first-order valence-electron chi connectivity index (χ1n) is 4.45. The van der Waals surface area contributed by atoms with Crippen LogP contribution in [0.1, 0.15) is 5.56 Å². The molecule has 3 N–H and O–H groups in total. The number of nitrogens with one attached hydrogen (secondary N) is 1. The normalized spacial score (nSPS) is 10.5. The molecule has 3 nitrogen and oxygen atoms in total. The van der Waals surface area contributed by atoms with Crippen LogP contribution in [0.25, 0.3) is 0 Å². The lowest BCUT2D eigenvalue weighted by Crippen LogP contribution is -2.24. The second-order valence-corrected chi connectivity index (χ2v) is 4.45. The second-order valence-electron chi connectivity index (χ2n) is 2.92. The van der Waals surface area contributed by atoms with E-state index in [0.717, 1.165) is 5.75 Å². The van der Waals surface area contributed by atoms with Crippen LogP contribution in [0.5, 0.6) is 0 Å². The number of hydrazone groups is 1. The molecule has 1 rings (SSSR count). The molecule has 0 aliphatic carbocycles. The quantitative estimate of drug-likeness (QED) is 0.365. The van der Waals surface area contributed by atoms with Gasteiger partial charge in [-0.3, -0.25) is 5.43 Å². The Hall–Kier alpha value is -1.07. The molecule has 0 heterocycles. The largest absolute Gasteiger partial charge is 0.375 e. The molecule has 0 aliphatic heterocycles. The van der Waals surface area contributed by atoms with Gasteiger partial charge in [0.1, 0.15) is 0 Å². The molecule has 0 aliphatic rings. The van der Waals surface area contributed by atoms with Gasteiger partial charge >= 0.3 is 0 Å². The van der Waals surface area contributed by atoms with E-state index < -0.39 is 0 Å². The minimum absolute atomic E-state index is 0.187. The van der Waals surface area contributed by atoms with Gasteiger partial charge in [-0.2, -0.15) is 5.10 Å². The maximum Gasteiger partial charge on any atom is 0.184 e. The van der Waals surface area contributed by atoms with Gasteiger partial charge in [0.25, 0.3) is 0 Å². The summed E-state index contributed by atoms with van der Waals surface area (Å²) in [7, 11) is 0. The Morgan fingerprint density at radius 3 is 3.13 bits per heavy atom. The van der Waals surface area contributed by atoms with Crippen LogP contribution in [0.15, 0.2) is 34.3 Å². The Balaban J connectivity index is 2.31. The van der Waals surface area contributed by atoms with Gasteiger partial charge in [-0.05, 0) is 31.3 Å². The van der Waals surface area contributed by atoms with Gasteiger partial charge in [0, 0.05) is 16.9 Å². The summed E-state index contributed by atoms with van der Waals surface area (Å²) >= 11 is 6.31. The van der Waals surface area contributed by atoms with Crippen molar-refractivity contribution in [1.29, 1.82) is 0 Å². The highest BCUT2D eigenvalue weighted by atomic mass is 32.2. The average Bonchev–Trinajstić information content (AvgIpc) is 2.17. The number of thiocarbonyl (C=S) groups is 1. The Kier molecular flexibility index (Phi) is 5.14. The van der Waals surface area contributed by atoms with E-state index in [0.29, 0.717) is 0 Å². The van der Waals surface area contributed by atoms with Crippen LogP contribution in [0.3, 0.4) is 0 Å². The van der Waals surface area contributed by atoms with Crippen LogP contribution in [-0.2, 0) is 0 Å². The Morgan fingerprint density at radius 2 is 2.47 bits per heavy atom. The van der Waals surface area contributed by atoms with Crippen molar-refractivity contribution in [2.75, 3.05) is 5.75 Å². The van der Waals surface area contributed by atoms with E-state index in [1.54, 1.807) is 18.0 Å². The Morgan fingerprint density at radius 1 is 1.67 bits per heavy atom. The summed E-state index contributed by atoms with van der Waals surface area (Å²) < 4.78 is 0. The van der Waals surface area contributed by atoms with E-state index in [2.05, 4.69) is 47.9 Å². The molecular formula is C10H13N3S2. The summed E-state index contributed by atoms with van der Waals surface area (Å²) in [4.78, 5) is 1.23. The maximum absolute atomic E-state index is 5.21. The number of hydrogen-bond acceptors (Lipinski definition) is 3. The standard InChI is InChI=1S/C10H13N3S2/c1-8-3-2-4-9(7-8)15-6-5-12-13-10(11)14/h2-5,7H,6H2,1H3,(H3,11,13,14)/b12-5+. The highest BCUT2D eigenvalue weighted by Gasteiger charge is 1.91. The molecule has 0 unspecified atom stereocenters. The van der Waals surface area contributed by atoms with E-state index in [1.807, 2.05) is 6.07 Å². The number of thioether (sulfide) groups is 1. The zero-order chi connectivity index (χ0) is 11.1. The van der Waals surface area contributed by atoms with Crippen LogP contribution in [0.4, 0.5) is 0 Å². The molecule has 15 heavy (non-hydrogen) atoms. The number of benzene rings is 1. The molecule has 0 radical (unpaired) electrons. The number of nitrogens with zero attached hydrogens (tertiary/aromatic N) is 1. The molecular weight excluding hydrogens is 226 g/mol.